The van der Waals surface area contributed by atoms with Crippen LogP contribution in [0.3, 0.4) is 0 Å². The lowest BCUT2D eigenvalue weighted by atomic mass is 9.89. The van der Waals surface area contributed by atoms with Gasteiger partial charge < -0.3 is 0 Å². The number of sulfonamides is 1. The second-order valence-electron chi connectivity index (χ2n) is 5.87. The largest absolute Gasteiger partial charge is 0.266 e. The van der Waals surface area contributed by atoms with Gasteiger partial charge in [-0.25, -0.2) is 8.42 Å². The van der Waals surface area contributed by atoms with Gasteiger partial charge in [-0.2, -0.15) is 0 Å². The molecule has 3 nitrogen and oxygen atoms in total. The molecule has 0 aromatic heterocycles. The average Bonchev–Trinajstić information content (AvgIpc) is 2.90. The van der Waals surface area contributed by atoms with Gasteiger partial charge in [0.15, 0.2) is 0 Å². The molecule has 0 saturated carbocycles. The van der Waals surface area contributed by atoms with Crippen LogP contribution in [0.15, 0.2) is 64.1 Å². The molecule has 0 radical (unpaired) electrons. The van der Waals surface area contributed by atoms with E-state index in [-0.39, 0.29) is 12.0 Å². The minimum Gasteiger partial charge on any atom is -0.266 e. The van der Waals surface area contributed by atoms with Crippen LogP contribution < -0.4 is 0 Å². The van der Waals surface area contributed by atoms with Gasteiger partial charge in [-0.15, -0.1) is 11.8 Å². The van der Waals surface area contributed by atoms with Crippen LogP contribution in [0.25, 0.3) is 0 Å². The highest BCUT2D eigenvalue weighted by molar-refractivity contribution is 8.03. The van der Waals surface area contributed by atoms with E-state index in [4.69, 9.17) is 0 Å². The fraction of sp³-hybridized carbons (Fsp3) is 0.294. The van der Waals surface area contributed by atoms with Crippen LogP contribution in [-0.4, -0.2) is 24.5 Å². The van der Waals surface area contributed by atoms with Crippen molar-refractivity contribution in [2.24, 2.45) is 5.92 Å². The topological polar surface area (TPSA) is 37.4 Å². The standard InChI is InChI=1S/C17H17NO2S2/c1-12-5-7-14(8-6-12)22(19,20)18-11-13-9-10-21-16-4-2-3-15(18)17(13)16/h2-8,11,15,17H,9-10H2,1H3/t15-,17-/m0/s1. The summed E-state index contributed by atoms with van der Waals surface area (Å²) in [5.41, 5.74) is 2.31. The quantitative estimate of drug-likeness (QED) is 0.833. The van der Waals surface area contributed by atoms with Crippen LogP contribution in [0.1, 0.15) is 12.0 Å². The monoisotopic (exact) mass is 331 g/mol. The van der Waals surface area contributed by atoms with E-state index in [0.717, 1.165) is 17.7 Å². The smallest absolute Gasteiger partial charge is 0.264 e. The van der Waals surface area contributed by atoms with Crippen molar-refractivity contribution in [3.05, 3.63) is 64.7 Å². The zero-order chi connectivity index (χ0) is 15.3. The number of rotatable bonds is 2. The van der Waals surface area contributed by atoms with Gasteiger partial charge in [0, 0.05) is 17.9 Å². The maximum absolute atomic E-state index is 13.0. The lowest BCUT2D eigenvalue weighted by Gasteiger charge is -2.32. The van der Waals surface area contributed by atoms with Gasteiger partial charge in [0.1, 0.15) is 0 Å². The van der Waals surface area contributed by atoms with Gasteiger partial charge in [-0.1, -0.05) is 35.9 Å². The van der Waals surface area contributed by atoms with Crippen molar-refractivity contribution < 1.29 is 8.42 Å². The minimum absolute atomic E-state index is 0.103. The van der Waals surface area contributed by atoms with Crippen molar-refractivity contribution in [3.63, 3.8) is 0 Å². The zero-order valence-electron chi connectivity index (χ0n) is 12.3. The third-order valence-corrected chi connectivity index (χ3v) is 7.36. The summed E-state index contributed by atoms with van der Waals surface area (Å²) in [7, 11) is -3.50. The summed E-state index contributed by atoms with van der Waals surface area (Å²) in [6.07, 6.45) is 8.96. The SMILES string of the molecule is Cc1ccc(S(=O)(=O)N2C=C3CCSC4=CC=C[C@H]2[C@H]34)cc1. The first kappa shape index (κ1) is 14.2. The molecule has 0 unspecified atom stereocenters. The maximum atomic E-state index is 13.0. The van der Waals surface area contributed by atoms with Crippen molar-refractivity contribution in [1.29, 1.82) is 0 Å². The minimum atomic E-state index is -3.50. The molecular formula is C17H17NO2S2. The molecule has 2 heterocycles. The molecule has 1 aromatic rings. The van der Waals surface area contributed by atoms with E-state index in [1.807, 2.05) is 49.2 Å². The van der Waals surface area contributed by atoms with Crippen LogP contribution in [0.4, 0.5) is 0 Å². The van der Waals surface area contributed by atoms with E-state index in [1.54, 1.807) is 16.4 Å². The highest BCUT2D eigenvalue weighted by Crippen LogP contribution is 2.48. The van der Waals surface area contributed by atoms with Crippen LogP contribution in [0.2, 0.25) is 0 Å². The van der Waals surface area contributed by atoms with Crippen molar-refractivity contribution in [2.75, 3.05) is 5.75 Å². The molecule has 1 aliphatic carbocycles. The van der Waals surface area contributed by atoms with Gasteiger partial charge in [-0.3, -0.25) is 4.31 Å². The lowest BCUT2D eigenvalue weighted by molar-refractivity contribution is 0.434. The Morgan fingerprint density at radius 1 is 1.23 bits per heavy atom. The first-order valence-corrected chi connectivity index (χ1v) is 9.82. The molecule has 3 aliphatic rings. The Bertz CT molecular complexity index is 804. The Kier molecular flexibility index (Phi) is 3.24. The zero-order valence-corrected chi connectivity index (χ0v) is 13.9. The number of thioether (sulfide) groups is 1. The van der Waals surface area contributed by atoms with Crippen LogP contribution in [0, 0.1) is 12.8 Å². The van der Waals surface area contributed by atoms with Crippen LogP contribution in [0.5, 0.6) is 0 Å². The summed E-state index contributed by atoms with van der Waals surface area (Å²) in [6.45, 7) is 1.96. The summed E-state index contributed by atoms with van der Waals surface area (Å²) in [5.74, 6) is 1.26. The molecule has 1 fully saturated rings. The van der Waals surface area contributed by atoms with Gasteiger partial charge in [0.2, 0.25) is 0 Å². The van der Waals surface area contributed by atoms with Gasteiger partial charge in [0.25, 0.3) is 10.0 Å². The summed E-state index contributed by atoms with van der Waals surface area (Å²) in [6, 6.07) is 6.99. The Morgan fingerprint density at radius 3 is 2.77 bits per heavy atom. The molecule has 5 heteroatoms. The number of hydrogen-bond donors (Lipinski definition) is 0. The fourth-order valence-electron chi connectivity index (χ4n) is 3.32. The van der Waals surface area contributed by atoms with E-state index >= 15 is 0 Å². The molecule has 0 amide bonds. The highest BCUT2D eigenvalue weighted by atomic mass is 32.2. The number of benzene rings is 1. The van der Waals surface area contributed by atoms with Gasteiger partial charge in [-0.05, 0) is 36.0 Å². The van der Waals surface area contributed by atoms with Crippen molar-refractivity contribution in [2.45, 2.75) is 24.3 Å². The average molecular weight is 331 g/mol. The Labute approximate surface area is 135 Å². The van der Waals surface area contributed by atoms with E-state index in [0.29, 0.717) is 4.90 Å². The number of nitrogens with zero attached hydrogens (tertiary/aromatic N) is 1. The predicted octanol–water partition coefficient (Wildman–Crippen LogP) is 3.46. The van der Waals surface area contributed by atoms with E-state index in [2.05, 4.69) is 6.08 Å². The second kappa shape index (κ2) is 5.03. The van der Waals surface area contributed by atoms with E-state index < -0.39 is 10.0 Å². The highest BCUT2D eigenvalue weighted by Gasteiger charge is 2.44. The normalized spacial score (nSPS) is 26.5. The summed E-state index contributed by atoms with van der Waals surface area (Å²) in [5, 5.41) is 0. The Morgan fingerprint density at radius 2 is 2.00 bits per heavy atom. The molecule has 2 atom stereocenters. The molecule has 22 heavy (non-hydrogen) atoms. The maximum Gasteiger partial charge on any atom is 0.264 e. The summed E-state index contributed by atoms with van der Waals surface area (Å²) in [4.78, 5) is 1.66. The molecular weight excluding hydrogens is 314 g/mol. The third kappa shape index (κ3) is 2.07. The molecule has 114 valence electrons. The lowest BCUT2D eigenvalue weighted by Crippen LogP contribution is -2.37. The summed E-state index contributed by atoms with van der Waals surface area (Å²) < 4.78 is 27.6. The van der Waals surface area contributed by atoms with Crippen molar-refractivity contribution >= 4 is 21.8 Å². The number of allylic oxidation sites excluding steroid dienone is 2. The Balaban J connectivity index is 1.77. The second-order valence-corrected chi connectivity index (χ2v) is 8.88. The molecule has 0 N–H and O–H groups in total. The van der Waals surface area contributed by atoms with Crippen LogP contribution in [-0.2, 0) is 10.0 Å². The number of aryl methyl sites for hydroxylation is 1. The molecule has 0 spiro atoms. The molecule has 4 rings (SSSR count). The van der Waals surface area contributed by atoms with Crippen molar-refractivity contribution in [1.82, 2.24) is 4.31 Å². The molecule has 1 saturated heterocycles. The van der Waals surface area contributed by atoms with Gasteiger partial charge in [0.05, 0.1) is 10.9 Å². The van der Waals surface area contributed by atoms with Crippen LogP contribution >= 0.6 is 11.8 Å². The Hall–Kier alpha value is -1.46. The predicted molar refractivity (Wildman–Crippen MR) is 89.9 cm³/mol. The third-order valence-electron chi connectivity index (χ3n) is 4.46. The molecule has 1 aromatic carbocycles. The first-order chi connectivity index (χ1) is 10.6. The summed E-state index contributed by atoms with van der Waals surface area (Å²) >= 11 is 1.85. The number of hydrogen-bond acceptors (Lipinski definition) is 3. The molecule has 2 aliphatic heterocycles. The fourth-order valence-corrected chi connectivity index (χ4v) is 6.05. The molecule has 0 bridgehead atoms. The van der Waals surface area contributed by atoms with Gasteiger partial charge >= 0.3 is 0 Å². The van der Waals surface area contributed by atoms with Crippen molar-refractivity contribution in [3.8, 4) is 0 Å². The van der Waals surface area contributed by atoms with E-state index in [1.165, 1.54) is 10.5 Å². The van der Waals surface area contributed by atoms with E-state index in [9.17, 15) is 8.42 Å². The first-order valence-electron chi connectivity index (χ1n) is 7.39.